The van der Waals surface area contributed by atoms with Crippen molar-refractivity contribution in [3.8, 4) is 0 Å². The van der Waals surface area contributed by atoms with Gasteiger partial charge >= 0.3 is 0 Å². The summed E-state index contributed by atoms with van der Waals surface area (Å²) in [6.07, 6.45) is 3.20. The van der Waals surface area contributed by atoms with Gasteiger partial charge < -0.3 is 9.84 Å². The van der Waals surface area contributed by atoms with Crippen LogP contribution in [0.25, 0.3) is 0 Å². The molecule has 0 aromatic carbocycles. The van der Waals surface area contributed by atoms with Crippen LogP contribution in [0.2, 0.25) is 0 Å². The Labute approximate surface area is 73.3 Å². The van der Waals surface area contributed by atoms with Crippen LogP contribution in [-0.2, 0) is 4.74 Å². The van der Waals surface area contributed by atoms with Gasteiger partial charge in [-0.2, -0.15) is 0 Å². The molecule has 70 valence electrons. The first kappa shape index (κ1) is 8.48. The molecule has 12 heavy (non-hydrogen) atoms. The number of hydrogen-bond donors (Lipinski definition) is 1. The first-order chi connectivity index (χ1) is 5.79. The molecule has 1 heterocycles. The van der Waals surface area contributed by atoms with E-state index in [1.165, 1.54) is 12.8 Å². The lowest BCUT2D eigenvalue weighted by molar-refractivity contribution is -0.0563. The molecule has 1 aliphatic heterocycles. The first-order valence-electron chi connectivity index (χ1n) is 4.77. The van der Waals surface area contributed by atoms with E-state index in [1.54, 1.807) is 0 Å². The Morgan fingerprint density at radius 3 is 2.67 bits per heavy atom. The fourth-order valence-corrected chi connectivity index (χ4v) is 1.85. The monoisotopic (exact) mass is 171 g/mol. The standard InChI is InChI=1S/C9H17NO2/c1-10(7-2-3-7)8-6-12-5-4-9(8)11/h7-9,11H,2-6H2,1H3. The zero-order valence-corrected chi connectivity index (χ0v) is 7.57. The largest absolute Gasteiger partial charge is 0.391 e. The van der Waals surface area contributed by atoms with Crippen molar-refractivity contribution in [2.24, 2.45) is 0 Å². The van der Waals surface area contributed by atoms with Crippen molar-refractivity contribution >= 4 is 0 Å². The minimum absolute atomic E-state index is 0.177. The molecule has 2 aliphatic rings. The number of hydrogen-bond acceptors (Lipinski definition) is 3. The number of aliphatic hydroxyl groups excluding tert-OH is 1. The van der Waals surface area contributed by atoms with Gasteiger partial charge in [-0.25, -0.2) is 0 Å². The Morgan fingerprint density at radius 2 is 2.08 bits per heavy atom. The SMILES string of the molecule is CN(C1CC1)C1COCCC1O. The molecule has 0 aromatic rings. The van der Waals surface area contributed by atoms with Crippen LogP contribution in [-0.4, -0.2) is 48.5 Å². The molecule has 0 spiro atoms. The van der Waals surface area contributed by atoms with Crippen molar-refractivity contribution in [1.82, 2.24) is 4.90 Å². The average Bonchev–Trinajstić information content (AvgIpc) is 2.86. The number of likely N-dealkylation sites (N-methyl/N-ethyl adjacent to an activating group) is 1. The lowest BCUT2D eigenvalue weighted by Gasteiger charge is -2.35. The Hall–Kier alpha value is -0.120. The van der Waals surface area contributed by atoms with Crippen molar-refractivity contribution in [3.05, 3.63) is 0 Å². The summed E-state index contributed by atoms with van der Waals surface area (Å²) >= 11 is 0. The van der Waals surface area contributed by atoms with E-state index in [1.807, 2.05) is 0 Å². The summed E-state index contributed by atoms with van der Waals surface area (Å²) in [5.41, 5.74) is 0. The van der Waals surface area contributed by atoms with Crippen molar-refractivity contribution in [2.75, 3.05) is 20.3 Å². The predicted octanol–water partition coefficient (Wildman–Crippen LogP) is 0.230. The molecular weight excluding hydrogens is 154 g/mol. The normalized spacial score (nSPS) is 37.2. The molecule has 1 saturated heterocycles. The Kier molecular flexibility index (Phi) is 2.35. The number of nitrogens with zero attached hydrogens (tertiary/aromatic N) is 1. The van der Waals surface area contributed by atoms with E-state index in [0.29, 0.717) is 12.6 Å². The zero-order chi connectivity index (χ0) is 8.55. The first-order valence-corrected chi connectivity index (χ1v) is 4.77. The van der Waals surface area contributed by atoms with Gasteiger partial charge in [0.2, 0.25) is 0 Å². The smallest absolute Gasteiger partial charge is 0.0739 e. The van der Waals surface area contributed by atoms with Crippen molar-refractivity contribution in [3.63, 3.8) is 0 Å². The van der Waals surface area contributed by atoms with E-state index in [4.69, 9.17) is 4.74 Å². The van der Waals surface area contributed by atoms with Crippen LogP contribution in [0.5, 0.6) is 0 Å². The van der Waals surface area contributed by atoms with Gasteiger partial charge in [-0.1, -0.05) is 0 Å². The quantitative estimate of drug-likeness (QED) is 0.645. The molecule has 2 atom stereocenters. The van der Waals surface area contributed by atoms with Gasteiger partial charge in [-0.3, -0.25) is 4.90 Å². The van der Waals surface area contributed by atoms with E-state index >= 15 is 0 Å². The second-order valence-corrected chi connectivity index (χ2v) is 3.89. The second-order valence-electron chi connectivity index (χ2n) is 3.89. The average molecular weight is 171 g/mol. The van der Waals surface area contributed by atoms with E-state index in [0.717, 1.165) is 13.0 Å². The molecule has 2 rings (SSSR count). The fourth-order valence-electron chi connectivity index (χ4n) is 1.85. The van der Waals surface area contributed by atoms with Gasteiger partial charge in [0, 0.05) is 12.6 Å². The van der Waals surface area contributed by atoms with E-state index < -0.39 is 0 Å². The number of rotatable bonds is 2. The molecular formula is C9H17NO2. The molecule has 1 N–H and O–H groups in total. The maximum atomic E-state index is 9.69. The molecule has 3 heteroatoms. The molecule has 0 bridgehead atoms. The van der Waals surface area contributed by atoms with Crippen LogP contribution in [0.15, 0.2) is 0 Å². The highest BCUT2D eigenvalue weighted by Gasteiger charge is 2.35. The fraction of sp³-hybridized carbons (Fsp3) is 1.00. The Balaban J connectivity index is 1.90. The van der Waals surface area contributed by atoms with E-state index in [2.05, 4.69) is 11.9 Å². The molecule has 1 saturated carbocycles. The molecule has 2 fully saturated rings. The van der Waals surface area contributed by atoms with E-state index in [-0.39, 0.29) is 12.1 Å². The molecule has 0 radical (unpaired) electrons. The van der Waals surface area contributed by atoms with Crippen LogP contribution in [0.3, 0.4) is 0 Å². The molecule has 0 amide bonds. The Bertz CT molecular complexity index is 159. The molecule has 0 aromatic heterocycles. The summed E-state index contributed by atoms with van der Waals surface area (Å²) in [6.45, 7) is 1.42. The minimum atomic E-state index is -0.177. The Morgan fingerprint density at radius 1 is 1.33 bits per heavy atom. The number of aliphatic hydroxyl groups is 1. The molecule has 3 nitrogen and oxygen atoms in total. The third-order valence-electron chi connectivity index (χ3n) is 2.94. The van der Waals surface area contributed by atoms with Gasteiger partial charge in [0.15, 0.2) is 0 Å². The molecule has 1 aliphatic carbocycles. The van der Waals surface area contributed by atoms with Crippen LogP contribution < -0.4 is 0 Å². The lowest BCUT2D eigenvalue weighted by Crippen LogP contribution is -2.48. The van der Waals surface area contributed by atoms with Gasteiger partial charge in [-0.05, 0) is 26.3 Å². The van der Waals surface area contributed by atoms with Crippen LogP contribution in [0.4, 0.5) is 0 Å². The predicted molar refractivity (Wildman–Crippen MR) is 46.0 cm³/mol. The van der Waals surface area contributed by atoms with Crippen molar-refractivity contribution in [2.45, 2.75) is 37.5 Å². The summed E-state index contributed by atoms with van der Waals surface area (Å²) in [5, 5.41) is 9.69. The number of ether oxygens (including phenoxy) is 1. The minimum Gasteiger partial charge on any atom is -0.391 e. The summed E-state index contributed by atoms with van der Waals surface area (Å²) in [7, 11) is 2.10. The van der Waals surface area contributed by atoms with Crippen molar-refractivity contribution < 1.29 is 9.84 Å². The lowest BCUT2D eigenvalue weighted by atomic mass is 10.1. The topological polar surface area (TPSA) is 32.7 Å². The van der Waals surface area contributed by atoms with Crippen LogP contribution >= 0.6 is 0 Å². The van der Waals surface area contributed by atoms with Gasteiger partial charge in [-0.15, -0.1) is 0 Å². The third kappa shape index (κ3) is 1.63. The third-order valence-corrected chi connectivity index (χ3v) is 2.94. The maximum absolute atomic E-state index is 9.69. The summed E-state index contributed by atoms with van der Waals surface area (Å²) in [6, 6.07) is 0.956. The van der Waals surface area contributed by atoms with Gasteiger partial charge in [0.05, 0.1) is 18.8 Å². The second kappa shape index (κ2) is 3.32. The highest BCUT2D eigenvalue weighted by molar-refractivity contribution is 4.90. The highest BCUT2D eigenvalue weighted by Crippen LogP contribution is 2.29. The zero-order valence-electron chi connectivity index (χ0n) is 7.57. The summed E-state index contributed by atoms with van der Waals surface area (Å²) in [5.74, 6) is 0. The van der Waals surface area contributed by atoms with Crippen molar-refractivity contribution in [1.29, 1.82) is 0 Å². The molecule has 2 unspecified atom stereocenters. The van der Waals surface area contributed by atoms with Gasteiger partial charge in [0.25, 0.3) is 0 Å². The van der Waals surface area contributed by atoms with E-state index in [9.17, 15) is 5.11 Å². The van der Waals surface area contributed by atoms with Crippen LogP contribution in [0, 0.1) is 0 Å². The summed E-state index contributed by atoms with van der Waals surface area (Å²) in [4.78, 5) is 2.28. The van der Waals surface area contributed by atoms with Crippen LogP contribution in [0.1, 0.15) is 19.3 Å². The maximum Gasteiger partial charge on any atom is 0.0739 e. The van der Waals surface area contributed by atoms with Gasteiger partial charge in [0.1, 0.15) is 0 Å². The summed E-state index contributed by atoms with van der Waals surface area (Å²) < 4.78 is 5.35. The highest BCUT2D eigenvalue weighted by atomic mass is 16.5.